The number of esters is 1. The Morgan fingerprint density at radius 1 is 1.17 bits per heavy atom. The lowest BCUT2D eigenvalue weighted by Crippen LogP contribution is -2.28. The summed E-state index contributed by atoms with van der Waals surface area (Å²) in [7, 11) is 0. The second-order valence-electron chi connectivity index (χ2n) is 6.69. The van der Waals surface area contributed by atoms with Gasteiger partial charge in [0.2, 0.25) is 5.91 Å². The zero-order chi connectivity index (χ0) is 22.1. The van der Waals surface area contributed by atoms with Crippen molar-refractivity contribution in [2.24, 2.45) is 0 Å². The molecular weight excluding hydrogens is 450 g/mol. The highest BCUT2D eigenvalue weighted by Gasteiger charge is 2.16. The second-order valence-corrected chi connectivity index (χ2v) is 7.54. The van der Waals surface area contributed by atoms with E-state index in [0.29, 0.717) is 62.7 Å². The Balaban J connectivity index is 2.23. The first-order valence-corrected chi connectivity index (χ1v) is 11.2. The quantitative estimate of drug-likeness (QED) is 0.239. The van der Waals surface area contributed by atoms with Gasteiger partial charge in [-0.05, 0) is 57.4 Å². The first kappa shape index (κ1) is 24.0. The van der Waals surface area contributed by atoms with E-state index >= 15 is 0 Å². The van der Waals surface area contributed by atoms with Crippen LogP contribution < -0.4 is 4.74 Å². The zero-order valence-corrected chi connectivity index (χ0v) is 19.7. The van der Waals surface area contributed by atoms with Crippen LogP contribution in [0.4, 0.5) is 0 Å². The number of fused-ring (bicyclic) bond motifs is 1. The molecule has 1 aromatic carbocycles. The van der Waals surface area contributed by atoms with Gasteiger partial charge in [0.15, 0.2) is 11.3 Å². The fraction of sp³-hybridized carbons (Fsp3) is 0.478. The Hall–Kier alpha value is -2.28. The van der Waals surface area contributed by atoms with Crippen LogP contribution in [0.15, 0.2) is 33.2 Å². The predicted molar refractivity (Wildman–Crippen MR) is 121 cm³/mol. The van der Waals surface area contributed by atoms with Gasteiger partial charge in [-0.3, -0.25) is 9.59 Å². The number of furan rings is 1. The largest absolute Gasteiger partial charge is 0.490 e. The average Bonchev–Trinajstić information content (AvgIpc) is 3.18. The standard InChI is InChI=1S/C23H30BrNO5/c1-5-16(14-21(26)25(6-2)7-3)20-15-17-18(24)11-12-19(23(17)30-20)29-13-9-10-22(27)28-8-4/h11-12,14-15H,5-10,13H2,1-4H3. The topological polar surface area (TPSA) is 69.0 Å². The molecule has 0 unspecified atom stereocenters. The molecule has 30 heavy (non-hydrogen) atoms. The highest BCUT2D eigenvalue weighted by atomic mass is 79.9. The van der Waals surface area contributed by atoms with Gasteiger partial charge in [-0.15, -0.1) is 0 Å². The number of rotatable bonds is 11. The van der Waals surface area contributed by atoms with Crippen LogP contribution >= 0.6 is 15.9 Å². The molecule has 164 valence electrons. The number of benzene rings is 1. The Bertz CT molecular complexity index is 898. The van der Waals surface area contributed by atoms with Gasteiger partial charge in [-0.2, -0.15) is 0 Å². The number of allylic oxidation sites excluding steroid dienone is 1. The van der Waals surface area contributed by atoms with E-state index in [1.165, 1.54) is 0 Å². The number of nitrogens with zero attached hydrogens (tertiary/aromatic N) is 1. The zero-order valence-electron chi connectivity index (χ0n) is 18.1. The highest BCUT2D eigenvalue weighted by Crippen LogP contribution is 2.37. The second kappa shape index (κ2) is 11.8. The molecule has 0 radical (unpaired) electrons. The molecule has 0 N–H and O–H groups in total. The van der Waals surface area contributed by atoms with E-state index in [4.69, 9.17) is 13.9 Å². The van der Waals surface area contributed by atoms with Crippen LogP contribution in [0.25, 0.3) is 16.5 Å². The summed E-state index contributed by atoms with van der Waals surface area (Å²) in [5.74, 6) is 1.01. The van der Waals surface area contributed by atoms with Gasteiger partial charge < -0.3 is 18.8 Å². The van der Waals surface area contributed by atoms with Gasteiger partial charge in [0.1, 0.15) is 5.76 Å². The number of carbonyl (C=O) groups excluding carboxylic acids is 2. The molecule has 2 rings (SSSR count). The van der Waals surface area contributed by atoms with E-state index in [-0.39, 0.29) is 11.9 Å². The van der Waals surface area contributed by atoms with Gasteiger partial charge >= 0.3 is 5.97 Å². The van der Waals surface area contributed by atoms with Crippen molar-refractivity contribution in [3.05, 3.63) is 34.5 Å². The third-order valence-electron chi connectivity index (χ3n) is 4.75. The van der Waals surface area contributed by atoms with Gasteiger partial charge in [-0.1, -0.05) is 22.9 Å². The fourth-order valence-corrected chi connectivity index (χ4v) is 3.52. The lowest BCUT2D eigenvalue weighted by molar-refractivity contribution is -0.143. The molecule has 0 atom stereocenters. The summed E-state index contributed by atoms with van der Waals surface area (Å²) in [4.78, 5) is 25.7. The third kappa shape index (κ3) is 6.11. The molecule has 0 aliphatic heterocycles. The summed E-state index contributed by atoms with van der Waals surface area (Å²) in [6.07, 6.45) is 3.19. The van der Waals surface area contributed by atoms with Crippen molar-refractivity contribution in [1.82, 2.24) is 4.90 Å². The molecule has 6 nitrogen and oxygen atoms in total. The van der Waals surface area contributed by atoms with Crippen LogP contribution in [0.1, 0.15) is 52.7 Å². The summed E-state index contributed by atoms with van der Waals surface area (Å²) >= 11 is 3.56. The maximum atomic E-state index is 12.5. The number of likely N-dealkylation sites (N-methyl/N-ethyl adjacent to an activating group) is 1. The summed E-state index contributed by atoms with van der Waals surface area (Å²) in [5.41, 5.74) is 1.45. The normalized spacial score (nSPS) is 11.6. The lowest BCUT2D eigenvalue weighted by atomic mass is 10.1. The Kier molecular flexibility index (Phi) is 9.43. The monoisotopic (exact) mass is 479 g/mol. The third-order valence-corrected chi connectivity index (χ3v) is 5.44. The van der Waals surface area contributed by atoms with Crippen LogP contribution in [0.3, 0.4) is 0 Å². The van der Waals surface area contributed by atoms with E-state index in [1.807, 2.05) is 39.0 Å². The van der Waals surface area contributed by atoms with Gasteiger partial charge in [0.25, 0.3) is 0 Å². The SMILES string of the molecule is CCOC(=O)CCCOc1ccc(Br)c2cc(C(=CC(=O)N(CC)CC)CC)oc12. The molecule has 2 aromatic rings. The molecule has 0 spiro atoms. The Morgan fingerprint density at radius 2 is 1.90 bits per heavy atom. The lowest BCUT2D eigenvalue weighted by Gasteiger charge is -2.16. The van der Waals surface area contributed by atoms with Gasteiger partial charge in [0, 0.05) is 35.4 Å². The molecule has 1 amide bonds. The van der Waals surface area contributed by atoms with Crippen molar-refractivity contribution in [1.29, 1.82) is 0 Å². The number of halogens is 1. The molecule has 1 heterocycles. The highest BCUT2D eigenvalue weighted by molar-refractivity contribution is 9.10. The molecule has 1 aromatic heterocycles. The van der Waals surface area contributed by atoms with Crippen LogP contribution in [-0.4, -0.2) is 43.1 Å². The number of hydrogen-bond acceptors (Lipinski definition) is 5. The van der Waals surface area contributed by atoms with Gasteiger partial charge in [0.05, 0.1) is 13.2 Å². The smallest absolute Gasteiger partial charge is 0.305 e. The van der Waals surface area contributed by atoms with Gasteiger partial charge in [-0.25, -0.2) is 0 Å². The van der Waals surface area contributed by atoms with Crippen molar-refractivity contribution in [2.45, 2.75) is 47.0 Å². The van der Waals surface area contributed by atoms with Crippen LogP contribution in [0.5, 0.6) is 5.75 Å². The van der Waals surface area contributed by atoms with Crippen molar-refractivity contribution in [2.75, 3.05) is 26.3 Å². The van der Waals surface area contributed by atoms with Crippen LogP contribution in [-0.2, 0) is 14.3 Å². The average molecular weight is 480 g/mol. The minimum absolute atomic E-state index is 0.0215. The number of hydrogen-bond donors (Lipinski definition) is 0. The maximum absolute atomic E-state index is 12.5. The molecule has 0 aliphatic carbocycles. The number of amides is 1. The molecular formula is C23H30BrNO5. The van der Waals surface area contributed by atoms with Crippen molar-refractivity contribution in [3.63, 3.8) is 0 Å². The van der Waals surface area contributed by atoms with E-state index in [2.05, 4.69) is 15.9 Å². The van der Waals surface area contributed by atoms with E-state index in [9.17, 15) is 9.59 Å². The van der Waals surface area contributed by atoms with E-state index in [1.54, 1.807) is 17.9 Å². The number of carbonyl (C=O) groups is 2. The summed E-state index contributed by atoms with van der Waals surface area (Å²) in [5, 5.41) is 0.877. The van der Waals surface area contributed by atoms with E-state index in [0.717, 1.165) is 15.4 Å². The Labute approximate surface area is 186 Å². The summed E-state index contributed by atoms with van der Waals surface area (Å²) in [6.45, 7) is 9.80. The minimum atomic E-state index is -0.224. The molecule has 0 saturated heterocycles. The first-order chi connectivity index (χ1) is 14.4. The molecule has 0 fully saturated rings. The van der Waals surface area contributed by atoms with Crippen molar-refractivity contribution < 1.29 is 23.5 Å². The van der Waals surface area contributed by atoms with Crippen LogP contribution in [0, 0.1) is 0 Å². The number of ether oxygens (including phenoxy) is 2. The molecule has 7 heteroatoms. The molecule has 0 aliphatic rings. The van der Waals surface area contributed by atoms with Crippen LogP contribution in [0.2, 0.25) is 0 Å². The van der Waals surface area contributed by atoms with Crippen molar-refractivity contribution in [3.8, 4) is 5.75 Å². The predicted octanol–water partition coefficient (Wildman–Crippen LogP) is 5.58. The summed E-state index contributed by atoms with van der Waals surface area (Å²) < 4.78 is 17.8. The summed E-state index contributed by atoms with van der Waals surface area (Å²) in [6, 6.07) is 5.66. The first-order valence-electron chi connectivity index (χ1n) is 10.4. The Morgan fingerprint density at radius 3 is 2.53 bits per heavy atom. The molecule has 0 saturated carbocycles. The molecule has 0 bridgehead atoms. The fourth-order valence-electron chi connectivity index (χ4n) is 3.09. The minimum Gasteiger partial charge on any atom is -0.490 e. The van der Waals surface area contributed by atoms with Crippen molar-refractivity contribution >= 4 is 44.3 Å². The van der Waals surface area contributed by atoms with E-state index < -0.39 is 0 Å². The maximum Gasteiger partial charge on any atom is 0.305 e.